The van der Waals surface area contributed by atoms with Crippen molar-refractivity contribution >= 4 is 19.7 Å². The Balaban J connectivity index is 3.90. The first-order chi connectivity index (χ1) is 17.7. The van der Waals surface area contributed by atoms with Crippen molar-refractivity contribution in [3.63, 3.8) is 0 Å². The van der Waals surface area contributed by atoms with Crippen LogP contribution in [0.3, 0.4) is 0 Å². The van der Waals surface area contributed by atoms with Crippen molar-refractivity contribution in [1.29, 1.82) is 0 Å². The predicted molar refractivity (Wildman–Crippen MR) is 143 cm³/mol. The van der Waals surface area contributed by atoms with E-state index in [1.54, 1.807) is 0 Å². The molecule has 3 N–H and O–H groups in total. The number of unbranched alkanes of at least 4 members (excludes halogenated alkanes) is 13. The second kappa shape index (κ2) is 25.3. The molecule has 0 aromatic rings. The van der Waals surface area contributed by atoms with Gasteiger partial charge in [0, 0.05) is 26.5 Å². The average molecular weight is 554 g/mol. The van der Waals surface area contributed by atoms with Crippen LogP contribution in [0.2, 0.25) is 0 Å². The molecule has 1 amide bonds. The molecule has 11 heteroatoms. The lowest BCUT2D eigenvalue weighted by Gasteiger charge is -2.18. The molecule has 0 aliphatic heterocycles. The van der Waals surface area contributed by atoms with Crippen LogP contribution in [0, 0.1) is 0 Å². The number of amides is 1. The van der Waals surface area contributed by atoms with Gasteiger partial charge in [0.15, 0.2) is 0 Å². The molecule has 1 atom stereocenters. The van der Waals surface area contributed by atoms with Crippen molar-refractivity contribution in [3.05, 3.63) is 0 Å². The summed E-state index contributed by atoms with van der Waals surface area (Å²) in [4.78, 5) is 40.9. The first kappa shape index (κ1) is 36.0. The first-order valence-electron chi connectivity index (χ1n) is 14.0. The Morgan fingerprint density at radius 3 is 1.95 bits per heavy atom. The fraction of sp³-hybridized carbons (Fsp3) is 0.923. The summed E-state index contributed by atoms with van der Waals surface area (Å²) in [6.07, 6.45) is 15.9. The molecule has 0 bridgehead atoms. The van der Waals surface area contributed by atoms with Crippen molar-refractivity contribution in [2.75, 3.05) is 33.2 Å². The van der Waals surface area contributed by atoms with Gasteiger partial charge in [-0.1, -0.05) is 84.0 Å². The molecule has 220 valence electrons. The van der Waals surface area contributed by atoms with Crippen LogP contribution >= 0.6 is 7.82 Å². The van der Waals surface area contributed by atoms with E-state index in [0.717, 1.165) is 51.4 Å². The van der Waals surface area contributed by atoms with Gasteiger partial charge in [-0.2, -0.15) is 0 Å². The number of ether oxygens (including phenoxy) is 3. The minimum absolute atomic E-state index is 0.00668. The van der Waals surface area contributed by atoms with Crippen LogP contribution in [-0.2, 0) is 32.9 Å². The Morgan fingerprint density at radius 2 is 1.35 bits per heavy atom. The van der Waals surface area contributed by atoms with E-state index in [-0.39, 0.29) is 25.7 Å². The summed E-state index contributed by atoms with van der Waals surface area (Å²) in [6.45, 7) is 4.41. The third kappa shape index (κ3) is 29.4. The first-order valence-corrected chi connectivity index (χ1v) is 15.6. The summed E-state index contributed by atoms with van der Waals surface area (Å²) >= 11 is 0. The van der Waals surface area contributed by atoms with E-state index in [9.17, 15) is 14.2 Å². The Labute approximate surface area is 223 Å². The lowest BCUT2D eigenvalue weighted by Crippen LogP contribution is -2.28. The van der Waals surface area contributed by atoms with Gasteiger partial charge in [-0.3, -0.25) is 14.1 Å². The molecule has 0 heterocycles. The molecule has 0 aliphatic rings. The van der Waals surface area contributed by atoms with Gasteiger partial charge in [-0.25, -0.2) is 4.57 Å². The van der Waals surface area contributed by atoms with E-state index in [1.165, 1.54) is 51.9 Å². The smallest absolute Gasteiger partial charge is 0.457 e. The van der Waals surface area contributed by atoms with Crippen LogP contribution in [0.25, 0.3) is 0 Å². The van der Waals surface area contributed by atoms with Crippen molar-refractivity contribution in [2.45, 2.75) is 123 Å². The summed E-state index contributed by atoms with van der Waals surface area (Å²) in [6, 6.07) is 0. The molecule has 10 nitrogen and oxygen atoms in total. The monoisotopic (exact) mass is 553 g/mol. The van der Waals surface area contributed by atoms with E-state index in [2.05, 4.69) is 16.8 Å². The quantitative estimate of drug-likeness (QED) is 0.0528. The number of hydrogen-bond acceptors (Lipinski definition) is 7. The third-order valence-electron chi connectivity index (χ3n) is 5.77. The van der Waals surface area contributed by atoms with Gasteiger partial charge in [0.05, 0.1) is 13.2 Å². The zero-order valence-electron chi connectivity index (χ0n) is 23.1. The number of nitrogens with one attached hydrogen (secondary N) is 1. The number of hydrogen-bond donors (Lipinski definition) is 3. The minimum Gasteiger partial charge on any atom is -0.457 e. The highest BCUT2D eigenvalue weighted by Crippen LogP contribution is 2.35. The Bertz CT molecular complexity index is 601. The van der Waals surface area contributed by atoms with Crippen molar-refractivity contribution in [2.24, 2.45) is 0 Å². The maximum atomic E-state index is 12.2. The molecule has 0 saturated heterocycles. The third-order valence-corrected chi connectivity index (χ3v) is 6.26. The minimum atomic E-state index is -4.68. The van der Waals surface area contributed by atoms with Gasteiger partial charge in [0.25, 0.3) is 0 Å². The predicted octanol–water partition coefficient (Wildman–Crippen LogP) is 5.40. The summed E-state index contributed by atoms with van der Waals surface area (Å²) in [5, 5.41) is 2.77. The molecule has 0 saturated carbocycles. The normalized spacial score (nSPS) is 12.4. The Morgan fingerprint density at radius 1 is 0.784 bits per heavy atom. The lowest BCUT2D eigenvalue weighted by molar-refractivity contribution is -0.158. The molecule has 0 radical (unpaired) electrons. The summed E-state index contributed by atoms with van der Waals surface area (Å²) in [5.74, 6) is -0.435. The molecule has 0 fully saturated rings. The van der Waals surface area contributed by atoms with Crippen LogP contribution in [0.5, 0.6) is 0 Å². The summed E-state index contributed by atoms with van der Waals surface area (Å²) < 4.78 is 31.7. The van der Waals surface area contributed by atoms with Gasteiger partial charge in [-0.05, 0) is 19.3 Å². The molecule has 0 unspecified atom stereocenters. The van der Waals surface area contributed by atoms with E-state index in [4.69, 9.17) is 24.0 Å². The van der Waals surface area contributed by atoms with E-state index in [0.29, 0.717) is 13.2 Å². The highest BCUT2D eigenvalue weighted by Gasteiger charge is 2.21. The fourth-order valence-electron chi connectivity index (χ4n) is 3.72. The zero-order valence-corrected chi connectivity index (χ0v) is 24.0. The molecular formula is C26H52NO9P. The zero-order chi connectivity index (χ0) is 27.6. The molecule has 37 heavy (non-hydrogen) atoms. The van der Waals surface area contributed by atoms with Crippen molar-refractivity contribution < 1.29 is 42.7 Å². The van der Waals surface area contributed by atoms with E-state index < -0.39 is 26.5 Å². The maximum absolute atomic E-state index is 12.2. The number of phosphoric ester groups is 1. The van der Waals surface area contributed by atoms with Gasteiger partial charge in [0.1, 0.15) is 12.9 Å². The van der Waals surface area contributed by atoms with Gasteiger partial charge in [0.2, 0.25) is 5.91 Å². The van der Waals surface area contributed by atoms with E-state index >= 15 is 0 Å². The number of rotatable bonds is 27. The highest BCUT2D eigenvalue weighted by molar-refractivity contribution is 7.46. The fourth-order valence-corrected chi connectivity index (χ4v) is 4.08. The summed E-state index contributed by atoms with van der Waals surface area (Å²) in [7, 11) is -4.68. The van der Waals surface area contributed by atoms with Crippen LogP contribution in [0.1, 0.15) is 117 Å². The average Bonchev–Trinajstić information content (AvgIpc) is 2.83. The number of esters is 1. The molecule has 0 aromatic heterocycles. The highest BCUT2D eigenvalue weighted by atomic mass is 31.2. The lowest BCUT2D eigenvalue weighted by atomic mass is 10.1. The molecule has 0 rings (SSSR count). The van der Waals surface area contributed by atoms with Crippen molar-refractivity contribution in [3.8, 4) is 0 Å². The molecular weight excluding hydrogens is 501 g/mol. The van der Waals surface area contributed by atoms with Gasteiger partial charge in [-0.15, -0.1) is 0 Å². The van der Waals surface area contributed by atoms with Crippen LogP contribution in [0.4, 0.5) is 0 Å². The van der Waals surface area contributed by atoms with Crippen LogP contribution in [0.15, 0.2) is 0 Å². The maximum Gasteiger partial charge on any atom is 0.469 e. The van der Waals surface area contributed by atoms with Gasteiger partial charge < -0.3 is 29.3 Å². The second-order valence-corrected chi connectivity index (χ2v) is 10.7. The van der Waals surface area contributed by atoms with Crippen LogP contribution < -0.4 is 5.32 Å². The Kier molecular flexibility index (Phi) is 24.6. The number of carbonyl (C=O) groups excluding carboxylic acids is 2. The van der Waals surface area contributed by atoms with Crippen molar-refractivity contribution in [1.82, 2.24) is 5.32 Å². The Hall–Kier alpha value is -1.03. The molecule has 0 spiro atoms. The number of phosphoric acid groups is 1. The molecule has 0 aliphatic carbocycles. The summed E-state index contributed by atoms with van der Waals surface area (Å²) in [5.41, 5.74) is 0. The topological polar surface area (TPSA) is 141 Å². The second-order valence-electron chi connectivity index (χ2n) is 9.48. The molecule has 0 aromatic carbocycles. The number of carbonyl (C=O) groups is 2. The SMILES string of the molecule is CCCCCCCCCCCCC(=O)O[C@@H](COCOCCCCCCCNC(C)=O)COP(=O)(O)O. The van der Waals surface area contributed by atoms with Gasteiger partial charge >= 0.3 is 13.8 Å². The van der Waals surface area contributed by atoms with E-state index in [1.807, 2.05) is 0 Å². The standard InChI is InChI=1S/C26H52NO9P/c1-3-4-5-6-7-8-9-10-12-15-18-26(29)36-25(22-35-37(30,31)32)21-34-23-33-20-17-14-11-13-16-19-27-24(2)28/h25H,3-23H2,1-2H3,(H,27,28)(H2,30,31,32)/t25-/m0/s1. The largest absolute Gasteiger partial charge is 0.469 e. The van der Waals surface area contributed by atoms with Crippen LogP contribution in [-0.4, -0.2) is 60.9 Å².